The van der Waals surface area contributed by atoms with Gasteiger partial charge in [0, 0.05) is 26.2 Å². The highest BCUT2D eigenvalue weighted by atomic mass is 16.8. The molecule has 0 rings (SSSR count). The van der Waals surface area contributed by atoms with Crippen molar-refractivity contribution in [3.05, 3.63) is 4.91 Å². The molecule has 0 heterocycles. The van der Waals surface area contributed by atoms with Crippen molar-refractivity contribution in [1.29, 1.82) is 0 Å². The topological polar surface area (TPSA) is 88.7 Å². The van der Waals surface area contributed by atoms with Gasteiger partial charge in [-0.25, -0.2) is 0 Å². The summed E-state index contributed by atoms with van der Waals surface area (Å²) in [6.45, 7) is 2.60. The molecule has 4 N–H and O–H groups in total. The van der Waals surface area contributed by atoms with Crippen LogP contribution in [0.25, 0.3) is 0 Å². The van der Waals surface area contributed by atoms with Gasteiger partial charge in [0.15, 0.2) is 5.34 Å². The molecule has 0 unspecified atom stereocenters. The molecule has 0 aromatic carbocycles. The summed E-state index contributed by atoms with van der Waals surface area (Å²) in [6, 6.07) is 0. The first-order valence-electron chi connectivity index (χ1n) is 3.04. The van der Waals surface area contributed by atoms with E-state index in [1.807, 2.05) is 0 Å². The third kappa shape index (κ3) is 7.28. The lowest BCUT2D eigenvalue weighted by atomic mass is 10.6. The van der Waals surface area contributed by atoms with Crippen LogP contribution in [-0.4, -0.2) is 26.2 Å². The Hall–Kier alpha value is -0.720. The van der Waals surface area contributed by atoms with Gasteiger partial charge in [-0.3, -0.25) is 4.94 Å². The van der Waals surface area contributed by atoms with Crippen LogP contribution in [0.2, 0.25) is 0 Å². The Morgan fingerprint density at radius 2 is 2.20 bits per heavy atom. The fraction of sp³-hybridized carbons (Fsp3) is 1.00. The van der Waals surface area contributed by atoms with Gasteiger partial charge in [0.25, 0.3) is 0 Å². The fourth-order valence-electron chi connectivity index (χ4n) is 0.438. The van der Waals surface area contributed by atoms with Crippen molar-refractivity contribution in [2.45, 2.75) is 0 Å². The van der Waals surface area contributed by atoms with E-state index in [0.29, 0.717) is 19.6 Å². The summed E-state index contributed by atoms with van der Waals surface area (Å²) in [5, 5.41) is 5.12. The molecule has 0 spiro atoms. The molecule has 60 valence electrons. The first kappa shape index (κ1) is 9.28. The van der Waals surface area contributed by atoms with Crippen molar-refractivity contribution >= 4 is 0 Å². The second kappa shape index (κ2) is 8.28. The zero-order valence-corrected chi connectivity index (χ0v) is 5.67. The lowest BCUT2D eigenvalue weighted by molar-refractivity contribution is 0.0438. The van der Waals surface area contributed by atoms with Crippen LogP contribution in [0.5, 0.6) is 0 Å². The molecule has 0 bridgehead atoms. The summed E-state index contributed by atoms with van der Waals surface area (Å²) in [7, 11) is 0. The highest BCUT2D eigenvalue weighted by Crippen LogP contribution is 1.62. The average Bonchev–Trinajstić information content (AvgIpc) is 1.97. The maximum absolute atomic E-state index is 9.32. The Balaban J connectivity index is 2.70. The van der Waals surface area contributed by atoms with Gasteiger partial charge in [0.2, 0.25) is 0 Å². The minimum atomic E-state index is 0.533. The molecule has 10 heavy (non-hydrogen) atoms. The molecular formula is C4H12N4O2. The summed E-state index contributed by atoms with van der Waals surface area (Å²) < 4.78 is 0. The van der Waals surface area contributed by atoms with Crippen LogP contribution in [0.3, 0.4) is 0 Å². The van der Waals surface area contributed by atoms with Crippen molar-refractivity contribution in [3.8, 4) is 0 Å². The van der Waals surface area contributed by atoms with Crippen molar-refractivity contribution < 1.29 is 4.94 Å². The van der Waals surface area contributed by atoms with E-state index in [4.69, 9.17) is 5.73 Å². The standard InChI is InChI=1S/C4H12N4O2/c5-1-2-6-3-4-7-10-8-9/h6-7H,1-5H2. The Bertz CT molecular complexity index is 79.7. The van der Waals surface area contributed by atoms with Gasteiger partial charge in [0.1, 0.15) is 0 Å². The predicted octanol–water partition coefficient (Wildman–Crippen LogP) is -1.26. The molecule has 0 aromatic heterocycles. The van der Waals surface area contributed by atoms with Gasteiger partial charge < -0.3 is 11.1 Å². The molecule has 0 atom stereocenters. The van der Waals surface area contributed by atoms with E-state index in [2.05, 4.69) is 21.1 Å². The number of nitrogens with two attached hydrogens (primary N) is 1. The fourth-order valence-corrected chi connectivity index (χ4v) is 0.438. The van der Waals surface area contributed by atoms with Crippen LogP contribution in [0.4, 0.5) is 0 Å². The molecule has 0 saturated carbocycles. The maximum Gasteiger partial charge on any atom is 0.176 e. The number of nitrogens with one attached hydrogen (secondary N) is 2. The minimum Gasteiger partial charge on any atom is -0.329 e. The van der Waals surface area contributed by atoms with Gasteiger partial charge in [-0.1, -0.05) is 0 Å². The minimum absolute atomic E-state index is 0.533. The van der Waals surface area contributed by atoms with Gasteiger partial charge in [0.05, 0.1) is 0 Å². The second-order valence-corrected chi connectivity index (χ2v) is 1.60. The normalized spacial score (nSPS) is 9.30. The number of hydrogen-bond donors (Lipinski definition) is 3. The van der Waals surface area contributed by atoms with Crippen LogP contribution in [0.15, 0.2) is 5.34 Å². The van der Waals surface area contributed by atoms with Crippen molar-refractivity contribution in [1.82, 2.24) is 10.8 Å². The van der Waals surface area contributed by atoms with Crippen molar-refractivity contribution in [2.24, 2.45) is 11.1 Å². The zero-order chi connectivity index (χ0) is 7.66. The Labute approximate surface area is 59.0 Å². The smallest absolute Gasteiger partial charge is 0.176 e. The summed E-state index contributed by atoms with van der Waals surface area (Å²) in [6.07, 6.45) is 0. The van der Waals surface area contributed by atoms with Crippen LogP contribution >= 0.6 is 0 Å². The molecule has 0 radical (unpaired) electrons. The van der Waals surface area contributed by atoms with Gasteiger partial charge in [-0.15, -0.1) is 10.4 Å². The van der Waals surface area contributed by atoms with E-state index in [1.54, 1.807) is 0 Å². The summed E-state index contributed by atoms with van der Waals surface area (Å²) in [4.78, 5) is 13.3. The molecule has 6 nitrogen and oxygen atoms in total. The van der Waals surface area contributed by atoms with E-state index < -0.39 is 0 Å². The molecule has 0 saturated heterocycles. The molecule has 0 aromatic rings. The average molecular weight is 148 g/mol. The van der Waals surface area contributed by atoms with Gasteiger partial charge >= 0.3 is 0 Å². The van der Waals surface area contributed by atoms with E-state index in [9.17, 15) is 4.91 Å². The first-order chi connectivity index (χ1) is 4.91. The van der Waals surface area contributed by atoms with Gasteiger partial charge in [-0.2, -0.15) is 0 Å². The number of rotatable bonds is 7. The Morgan fingerprint density at radius 1 is 1.40 bits per heavy atom. The molecule has 6 heteroatoms. The summed E-state index contributed by atoms with van der Waals surface area (Å²) in [5.41, 5.74) is 7.50. The molecule has 0 aliphatic carbocycles. The Morgan fingerprint density at radius 3 is 2.80 bits per heavy atom. The predicted molar refractivity (Wildman–Crippen MR) is 36.8 cm³/mol. The van der Waals surface area contributed by atoms with Crippen LogP contribution < -0.4 is 16.5 Å². The van der Waals surface area contributed by atoms with E-state index in [0.717, 1.165) is 6.54 Å². The van der Waals surface area contributed by atoms with Crippen molar-refractivity contribution in [2.75, 3.05) is 26.2 Å². The molecule has 0 fully saturated rings. The number of hydrogen-bond acceptors (Lipinski definition) is 6. The number of nitrogens with zero attached hydrogens (tertiary/aromatic N) is 1. The monoisotopic (exact) mass is 148 g/mol. The third-order valence-corrected chi connectivity index (χ3v) is 0.827. The second-order valence-electron chi connectivity index (χ2n) is 1.60. The van der Waals surface area contributed by atoms with Crippen LogP contribution in [-0.2, 0) is 4.94 Å². The van der Waals surface area contributed by atoms with Crippen LogP contribution in [0.1, 0.15) is 0 Å². The molecular weight excluding hydrogens is 136 g/mol. The molecule has 0 aliphatic rings. The summed E-state index contributed by atoms with van der Waals surface area (Å²) in [5.74, 6) is 0. The maximum atomic E-state index is 9.32. The number of hydroxylamine groups is 1. The van der Waals surface area contributed by atoms with Gasteiger partial charge in [-0.05, 0) is 0 Å². The summed E-state index contributed by atoms with van der Waals surface area (Å²) >= 11 is 0. The van der Waals surface area contributed by atoms with E-state index in [1.165, 1.54) is 0 Å². The highest BCUT2D eigenvalue weighted by molar-refractivity contribution is 4.46. The third-order valence-electron chi connectivity index (χ3n) is 0.827. The van der Waals surface area contributed by atoms with E-state index in [-0.39, 0.29) is 0 Å². The Kier molecular flexibility index (Phi) is 7.68. The van der Waals surface area contributed by atoms with Crippen LogP contribution in [0, 0.1) is 4.91 Å². The first-order valence-corrected chi connectivity index (χ1v) is 3.04. The lowest BCUT2D eigenvalue weighted by Gasteiger charge is -2.00. The quantitative estimate of drug-likeness (QED) is 0.238. The van der Waals surface area contributed by atoms with E-state index >= 15 is 0 Å². The molecule has 0 amide bonds. The highest BCUT2D eigenvalue weighted by Gasteiger charge is 1.84. The van der Waals surface area contributed by atoms with Crippen molar-refractivity contribution in [3.63, 3.8) is 0 Å². The molecule has 0 aliphatic heterocycles. The lowest BCUT2D eigenvalue weighted by Crippen LogP contribution is -2.30. The largest absolute Gasteiger partial charge is 0.329 e. The zero-order valence-electron chi connectivity index (χ0n) is 5.67. The SMILES string of the molecule is NCCNCCNON=O.